The van der Waals surface area contributed by atoms with E-state index in [-0.39, 0.29) is 30.4 Å². The van der Waals surface area contributed by atoms with Crippen molar-refractivity contribution in [3.8, 4) is 5.75 Å². The number of nitrogens with one attached hydrogen (secondary N) is 1. The van der Waals surface area contributed by atoms with Crippen molar-refractivity contribution in [3.63, 3.8) is 0 Å². The summed E-state index contributed by atoms with van der Waals surface area (Å²) in [5.41, 5.74) is 4.45. The molecule has 8 rings (SSSR count). The monoisotopic (exact) mass is 675 g/mol. The minimum absolute atomic E-state index is 0.0202. The van der Waals surface area contributed by atoms with E-state index in [1.807, 2.05) is 12.1 Å². The molecule has 2 N–H and O–H groups in total. The smallest absolute Gasteiger partial charge is 0.260 e. The van der Waals surface area contributed by atoms with Crippen molar-refractivity contribution in [1.29, 1.82) is 0 Å². The summed E-state index contributed by atoms with van der Waals surface area (Å²) in [4.78, 5) is 59.3. The van der Waals surface area contributed by atoms with E-state index in [4.69, 9.17) is 11.6 Å². The molecule has 0 radical (unpaired) electrons. The number of fused-ring (bicyclic) bond motifs is 4. The van der Waals surface area contributed by atoms with Gasteiger partial charge in [0.1, 0.15) is 11.6 Å². The first-order chi connectivity index (χ1) is 23.6. The van der Waals surface area contributed by atoms with Crippen LogP contribution in [0.15, 0.2) is 109 Å². The summed E-state index contributed by atoms with van der Waals surface area (Å²) < 4.78 is 13.8. The second-order valence-electron chi connectivity index (χ2n) is 13.2. The number of halogens is 2. The lowest BCUT2D eigenvalue weighted by Crippen LogP contribution is -2.53. The number of phenols is 1. The number of allylic oxidation sites excluding steroid dienone is 2. The van der Waals surface area contributed by atoms with Gasteiger partial charge >= 0.3 is 0 Å². The summed E-state index contributed by atoms with van der Waals surface area (Å²) in [7, 11) is 0. The molecule has 10 heteroatoms. The van der Waals surface area contributed by atoms with Crippen molar-refractivity contribution in [2.75, 3.05) is 10.3 Å². The van der Waals surface area contributed by atoms with Crippen LogP contribution in [0.3, 0.4) is 0 Å². The van der Waals surface area contributed by atoms with Crippen LogP contribution >= 0.6 is 11.6 Å². The number of amides is 4. The lowest BCUT2D eigenvalue weighted by molar-refractivity contribution is -0.138. The minimum atomic E-state index is -1.57. The second kappa shape index (κ2) is 11.4. The maximum absolute atomic E-state index is 15.2. The van der Waals surface area contributed by atoms with Crippen LogP contribution in [-0.4, -0.2) is 33.7 Å². The Kier molecular flexibility index (Phi) is 7.22. The van der Waals surface area contributed by atoms with Gasteiger partial charge in [0, 0.05) is 16.5 Å². The van der Waals surface area contributed by atoms with Gasteiger partial charge in [0.15, 0.2) is 0 Å². The van der Waals surface area contributed by atoms with Crippen molar-refractivity contribution >= 4 is 46.6 Å². The zero-order valence-electron chi connectivity index (χ0n) is 26.3. The summed E-state index contributed by atoms with van der Waals surface area (Å²) >= 11 is 6.34. The number of para-hydroxylation sites is 2. The number of carbonyl (C=O) groups excluding carboxylic acids is 4. The number of benzene rings is 4. The van der Waals surface area contributed by atoms with Crippen molar-refractivity contribution in [3.05, 3.63) is 136 Å². The largest absolute Gasteiger partial charge is 0.507 e. The lowest BCUT2D eigenvalue weighted by atomic mass is 9.49. The fourth-order valence-electron chi connectivity index (χ4n) is 8.75. The fraction of sp³-hybridized carbons (Fsp3) is 0.231. The molecule has 0 spiro atoms. The van der Waals surface area contributed by atoms with Crippen LogP contribution in [0.5, 0.6) is 5.75 Å². The third-order valence-corrected chi connectivity index (χ3v) is 11.1. The third kappa shape index (κ3) is 4.48. The molecule has 4 aliphatic rings. The van der Waals surface area contributed by atoms with E-state index in [2.05, 4.69) is 5.43 Å². The predicted octanol–water partition coefficient (Wildman–Crippen LogP) is 6.68. The third-order valence-electron chi connectivity index (χ3n) is 10.9. The Hall–Kier alpha value is -5.28. The number of aryl methyl sites for hydroxylation is 1. The fourth-order valence-corrected chi connectivity index (χ4v) is 8.87. The number of rotatable bonds is 5. The van der Waals surface area contributed by atoms with Crippen molar-refractivity contribution in [2.24, 2.45) is 23.7 Å². The molecule has 2 aliphatic heterocycles. The summed E-state index contributed by atoms with van der Waals surface area (Å²) in [5.74, 6) is -6.11. The molecule has 4 aromatic rings. The highest BCUT2D eigenvalue weighted by Crippen LogP contribution is 2.65. The molecule has 1 saturated carbocycles. The number of aromatic hydroxyl groups is 1. The molecule has 3 fully saturated rings. The van der Waals surface area contributed by atoms with Crippen molar-refractivity contribution < 1.29 is 28.7 Å². The molecule has 2 saturated heterocycles. The normalized spacial score (nSPS) is 27.5. The molecule has 8 nitrogen and oxygen atoms in total. The summed E-state index contributed by atoms with van der Waals surface area (Å²) in [6.45, 7) is 1.76. The van der Waals surface area contributed by atoms with Crippen molar-refractivity contribution in [1.82, 2.24) is 5.01 Å². The predicted molar refractivity (Wildman–Crippen MR) is 181 cm³/mol. The molecule has 0 aromatic heterocycles. The highest BCUT2D eigenvalue weighted by atomic mass is 35.5. The molecule has 49 heavy (non-hydrogen) atoms. The number of carbonyl (C=O) groups is 4. The van der Waals surface area contributed by atoms with Crippen LogP contribution in [-0.2, 0) is 24.6 Å². The Labute approximate surface area is 286 Å². The maximum atomic E-state index is 15.2. The molecule has 2 heterocycles. The van der Waals surface area contributed by atoms with E-state index in [0.717, 1.165) is 10.6 Å². The summed E-state index contributed by atoms with van der Waals surface area (Å²) in [6, 6.07) is 26.2. The molecule has 0 unspecified atom stereocenters. The molecule has 2 aliphatic carbocycles. The molecule has 0 bridgehead atoms. The molecule has 6 atom stereocenters. The first kappa shape index (κ1) is 31.0. The van der Waals surface area contributed by atoms with Gasteiger partial charge in [-0.3, -0.25) is 29.5 Å². The van der Waals surface area contributed by atoms with E-state index in [1.54, 1.807) is 73.7 Å². The van der Waals surface area contributed by atoms with Gasteiger partial charge in [0.2, 0.25) is 11.8 Å². The van der Waals surface area contributed by atoms with Gasteiger partial charge in [-0.2, -0.15) is 5.01 Å². The standard InChI is InChI=1S/C39H31ClFN3O5/c1-21-6-5-9-29(34(21)45)33-27-18-19-28-32(37(48)43(35(28)46)26-7-3-2-4-8-26)30(27)20-31-36(47)44(42-25-16-14-24(41)15-17-25)38(49)39(31,33)22-10-12-23(40)13-11-22/h2-18,28,30-33,42,45H,19-20H2,1H3/t28-,30+,31-,32-,33+,39+/m0/s1. The van der Waals surface area contributed by atoms with Gasteiger partial charge in [0.25, 0.3) is 11.8 Å². The van der Waals surface area contributed by atoms with Gasteiger partial charge in [-0.05, 0) is 85.3 Å². The van der Waals surface area contributed by atoms with Crippen molar-refractivity contribution in [2.45, 2.75) is 31.1 Å². The molecule has 4 aromatic carbocycles. The average Bonchev–Trinajstić information content (AvgIpc) is 3.48. The van der Waals surface area contributed by atoms with Crippen LogP contribution in [0, 0.1) is 36.4 Å². The molecule has 246 valence electrons. The summed E-state index contributed by atoms with van der Waals surface area (Å²) in [5, 5.41) is 13.1. The summed E-state index contributed by atoms with van der Waals surface area (Å²) in [6.07, 6.45) is 2.31. The van der Waals surface area contributed by atoms with Gasteiger partial charge in [-0.25, -0.2) is 4.39 Å². The highest BCUT2D eigenvalue weighted by molar-refractivity contribution is 6.30. The topological polar surface area (TPSA) is 107 Å². The zero-order chi connectivity index (χ0) is 34.2. The first-order valence-electron chi connectivity index (χ1n) is 16.2. The number of imide groups is 2. The highest BCUT2D eigenvalue weighted by Gasteiger charge is 2.70. The second-order valence-corrected chi connectivity index (χ2v) is 13.7. The maximum Gasteiger partial charge on any atom is 0.260 e. The Morgan fingerprint density at radius 2 is 1.55 bits per heavy atom. The zero-order valence-corrected chi connectivity index (χ0v) is 27.1. The van der Waals surface area contributed by atoms with Crippen LogP contribution < -0.4 is 10.3 Å². The van der Waals surface area contributed by atoms with Crippen LogP contribution in [0.25, 0.3) is 0 Å². The number of hydrogen-bond acceptors (Lipinski definition) is 6. The Balaban J connectivity index is 1.34. The molecular weight excluding hydrogens is 645 g/mol. The van der Waals surface area contributed by atoms with Gasteiger partial charge in [-0.15, -0.1) is 0 Å². The number of hydrogen-bond donors (Lipinski definition) is 2. The molecule has 4 amide bonds. The van der Waals surface area contributed by atoms with E-state index in [0.29, 0.717) is 33.1 Å². The number of phenolic OH excluding ortho intramolecular Hbond substituents is 1. The Morgan fingerprint density at radius 3 is 2.27 bits per heavy atom. The SMILES string of the molecule is Cc1cccc([C@H]2C3=CC[C@@H]4C(=O)N(c5ccccc5)C(=O)[C@@H]4[C@@H]3C[C@H]3C(=O)N(Nc4ccc(F)cc4)C(=O)[C@@]23c2ccc(Cl)cc2)c1O. The quantitative estimate of drug-likeness (QED) is 0.181. The number of anilines is 2. The van der Waals surface area contributed by atoms with Gasteiger partial charge in [-0.1, -0.05) is 71.8 Å². The van der Waals surface area contributed by atoms with E-state index < -0.39 is 52.6 Å². The lowest BCUT2D eigenvalue weighted by Gasteiger charge is -2.50. The van der Waals surface area contributed by atoms with Crippen LogP contribution in [0.1, 0.15) is 35.4 Å². The minimum Gasteiger partial charge on any atom is -0.507 e. The molecular formula is C39H31ClFN3O5. The number of hydrazine groups is 1. The van der Waals surface area contributed by atoms with Crippen LogP contribution in [0.4, 0.5) is 15.8 Å². The Bertz CT molecular complexity index is 2070. The van der Waals surface area contributed by atoms with E-state index in [9.17, 15) is 23.9 Å². The van der Waals surface area contributed by atoms with E-state index >= 15 is 4.79 Å². The van der Waals surface area contributed by atoms with Crippen LogP contribution in [0.2, 0.25) is 5.02 Å². The van der Waals surface area contributed by atoms with Gasteiger partial charge in [0.05, 0.1) is 34.5 Å². The first-order valence-corrected chi connectivity index (χ1v) is 16.6. The van der Waals surface area contributed by atoms with E-state index in [1.165, 1.54) is 29.2 Å². The average molecular weight is 676 g/mol. The Morgan fingerprint density at radius 1 is 0.837 bits per heavy atom. The van der Waals surface area contributed by atoms with Gasteiger partial charge < -0.3 is 5.11 Å². The number of nitrogens with zero attached hydrogens (tertiary/aromatic N) is 2.